The van der Waals surface area contributed by atoms with Crippen LogP contribution in [0.25, 0.3) is 22.2 Å². The van der Waals surface area contributed by atoms with Crippen LogP contribution in [-0.2, 0) is 0 Å². The van der Waals surface area contributed by atoms with E-state index in [-0.39, 0.29) is 0 Å². The summed E-state index contributed by atoms with van der Waals surface area (Å²) in [5, 5.41) is 2.23. The summed E-state index contributed by atoms with van der Waals surface area (Å²) in [6, 6.07) is 13.9. The number of anilines is 1. The molecule has 0 aliphatic heterocycles. The molecule has 0 amide bonds. The van der Waals surface area contributed by atoms with E-state index in [0.717, 1.165) is 27.8 Å². The number of hydrazine groups is 1. The molecule has 21 heavy (non-hydrogen) atoms. The molecule has 0 atom stereocenters. The third-order valence-electron chi connectivity index (χ3n) is 3.31. The first-order chi connectivity index (χ1) is 10.2. The Morgan fingerprint density at radius 2 is 1.76 bits per heavy atom. The zero-order valence-corrected chi connectivity index (χ0v) is 11.9. The number of methoxy groups -OCH3 is 1. The summed E-state index contributed by atoms with van der Waals surface area (Å²) in [4.78, 5) is 8.85. The van der Waals surface area contributed by atoms with Crippen LogP contribution in [0.15, 0.2) is 42.5 Å². The van der Waals surface area contributed by atoms with E-state index in [4.69, 9.17) is 10.6 Å². The minimum Gasteiger partial charge on any atom is -0.497 e. The molecular formula is C16H16N4O. The second-order valence-electron chi connectivity index (χ2n) is 4.79. The van der Waals surface area contributed by atoms with E-state index >= 15 is 0 Å². The van der Waals surface area contributed by atoms with Gasteiger partial charge in [-0.1, -0.05) is 18.2 Å². The van der Waals surface area contributed by atoms with Crippen LogP contribution in [0.5, 0.6) is 5.75 Å². The van der Waals surface area contributed by atoms with Gasteiger partial charge in [-0.2, -0.15) is 0 Å². The lowest BCUT2D eigenvalue weighted by Gasteiger charge is -2.07. The highest BCUT2D eigenvalue weighted by Crippen LogP contribution is 2.26. The summed E-state index contributed by atoms with van der Waals surface area (Å²) >= 11 is 0. The molecule has 3 N–H and O–H groups in total. The smallest absolute Gasteiger partial charge is 0.161 e. The molecule has 5 heteroatoms. The molecule has 2 aromatic carbocycles. The Morgan fingerprint density at radius 3 is 2.52 bits per heavy atom. The summed E-state index contributed by atoms with van der Waals surface area (Å²) in [6.07, 6.45) is 0. The minimum absolute atomic E-state index is 0.604. The van der Waals surface area contributed by atoms with Crippen LogP contribution < -0.4 is 16.0 Å². The summed E-state index contributed by atoms with van der Waals surface area (Å²) in [5.41, 5.74) is 4.38. The van der Waals surface area contributed by atoms with Crippen LogP contribution in [0, 0.1) is 6.92 Å². The highest BCUT2D eigenvalue weighted by Gasteiger charge is 2.06. The summed E-state index contributed by atoms with van der Waals surface area (Å²) in [7, 11) is 1.66. The third-order valence-corrected chi connectivity index (χ3v) is 3.31. The molecule has 0 unspecified atom stereocenters. The lowest BCUT2D eigenvalue weighted by molar-refractivity contribution is 0.415. The number of rotatable bonds is 3. The molecule has 0 aliphatic carbocycles. The Hall–Kier alpha value is -2.66. The van der Waals surface area contributed by atoms with Crippen molar-refractivity contribution in [1.29, 1.82) is 0 Å². The average Bonchev–Trinajstić information content (AvgIpc) is 2.53. The molecule has 1 aromatic heterocycles. The Balaban J connectivity index is 2.10. The van der Waals surface area contributed by atoms with Gasteiger partial charge >= 0.3 is 0 Å². The van der Waals surface area contributed by atoms with Gasteiger partial charge in [-0.15, -0.1) is 0 Å². The van der Waals surface area contributed by atoms with E-state index in [1.807, 2.05) is 37.3 Å². The first-order valence-electron chi connectivity index (χ1n) is 6.60. The molecule has 0 spiro atoms. The number of aromatic nitrogens is 2. The van der Waals surface area contributed by atoms with Crippen LogP contribution in [0.3, 0.4) is 0 Å². The fourth-order valence-electron chi connectivity index (χ4n) is 2.26. The summed E-state index contributed by atoms with van der Waals surface area (Å²) < 4.78 is 5.24. The van der Waals surface area contributed by atoms with Crippen molar-refractivity contribution in [2.45, 2.75) is 6.92 Å². The molecule has 3 rings (SSSR count). The van der Waals surface area contributed by atoms with E-state index in [1.54, 1.807) is 13.2 Å². The van der Waals surface area contributed by atoms with Gasteiger partial charge in [-0.25, -0.2) is 15.8 Å². The number of fused-ring (bicyclic) bond motifs is 1. The van der Waals surface area contributed by atoms with Gasteiger partial charge in [0.25, 0.3) is 0 Å². The topological polar surface area (TPSA) is 73.1 Å². The van der Waals surface area contributed by atoms with E-state index < -0.39 is 0 Å². The quantitative estimate of drug-likeness (QED) is 0.570. The molecule has 0 aliphatic rings. The second kappa shape index (κ2) is 5.38. The predicted molar refractivity (Wildman–Crippen MR) is 84.1 cm³/mol. The fourth-order valence-corrected chi connectivity index (χ4v) is 2.26. The standard InChI is InChI=1S/C16H16N4O/c1-10-7-15(20-17)19-16(18-10)13-4-3-12-9-14(21-2)6-5-11(12)8-13/h3-9H,17H2,1-2H3,(H,18,19,20). The number of nitrogen functional groups attached to an aromatic ring is 1. The molecule has 3 aromatic rings. The minimum atomic E-state index is 0.604. The number of hydrogen-bond acceptors (Lipinski definition) is 5. The number of ether oxygens (including phenoxy) is 1. The molecule has 0 bridgehead atoms. The number of nitrogens with zero attached hydrogens (tertiary/aromatic N) is 2. The second-order valence-corrected chi connectivity index (χ2v) is 4.79. The van der Waals surface area contributed by atoms with Gasteiger partial charge in [0.2, 0.25) is 0 Å². The lowest BCUT2D eigenvalue weighted by atomic mass is 10.1. The molecule has 0 radical (unpaired) electrons. The van der Waals surface area contributed by atoms with Crippen LogP contribution in [0.1, 0.15) is 5.69 Å². The van der Waals surface area contributed by atoms with Gasteiger partial charge in [0.15, 0.2) is 5.82 Å². The fraction of sp³-hybridized carbons (Fsp3) is 0.125. The molecular weight excluding hydrogens is 264 g/mol. The van der Waals surface area contributed by atoms with Crippen LogP contribution >= 0.6 is 0 Å². The van der Waals surface area contributed by atoms with Crippen LogP contribution in [-0.4, -0.2) is 17.1 Å². The first kappa shape index (κ1) is 13.3. The Bertz CT molecular complexity index is 801. The van der Waals surface area contributed by atoms with Gasteiger partial charge in [-0.05, 0) is 35.9 Å². The molecule has 0 saturated carbocycles. The maximum atomic E-state index is 5.43. The predicted octanol–water partition coefficient (Wildman–Crippen LogP) is 2.90. The van der Waals surface area contributed by atoms with E-state index in [1.165, 1.54) is 0 Å². The number of nitrogens with two attached hydrogens (primary N) is 1. The van der Waals surface area contributed by atoms with Crippen molar-refractivity contribution in [3.63, 3.8) is 0 Å². The number of hydrogen-bond donors (Lipinski definition) is 2. The SMILES string of the molecule is COc1ccc2cc(-c3nc(C)cc(NN)n3)ccc2c1. The molecule has 5 nitrogen and oxygen atoms in total. The summed E-state index contributed by atoms with van der Waals surface area (Å²) in [5.74, 6) is 7.54. The highest BCUT2D eigenvalue weighted by atomic mass is 16.5. The van der Waals surface area contributed by atoms with Gasteiger partial charge < -0.3 is 10.2 Å². The molecule has 106 valence electrons. The van der Waals surface area contributed by atoms with Crippen molar-refractivity contribution in [3.05, 3.63) is 48.2 Å². The average molecular weight is 280 g/mol. The van der Waals surface area contributed by atoms with Crippen molar-refractivity contribution < 1.29 is 4.74 Å². The van der Waals surface area contributed by atoms with Gasteiger partial charge in [0.05, 0.1) is 7.11 Å². The molecule has 0 fully saturated rings. The zero-order chi connectivity index (χ0) is 14.8. The summed E-state index contributed by atoms with van der Waals surface area (Å²) in [6.45, 7) is 1.91. The van der Waals surface area contributed by atoms with Gasteiger partial charge in [-0.3, -0.25) is 0 Å². The molecule has 0 saturated heterocycles. The van der Waals surface area contributed by atoms with Crippen molar-refractivity contribution in [2.24, 2.45) is 5.84 Å². The van der Waals surface area contributed by atoms with E-state index in [0.29, 0.717) is 11.6 Å². The van der Waals surface area contributed by atoms with E-state index in [2.05, 4.69) is 21.5 Å². The number of nitrogens with one attached hydrogen (secondary N) is 1. The third kappa shape index (κ3) is 2.64. The maximum absolute atomic E-state index is 5.43. The van der Waals surface area contributed by atoms with Gasteiger partial charge in [0.1, 0.15) is 11.6 Å². The van der Waals surface area contributed by atoms with Crippen LogP contribution in [0.4, 0.5) is 5.82 Å². The number of aryl methyl sites for hydroxylation is 1. The zero-order valence-electron chi connectivity index (χ0n) is 11.9. The first-order valence-corrected chi connectivity index (χ1v) is 6.60. The highest BCUT2D eigenvalue weighted by molar-refractivity contribution is 5.87. The molecule has 1 heterocycles. The maximum Gasteiger partial charge on any atom is 0.161 e. The van der Waals surface area contributed by atoms with Crippen molar-refractivity contribution in [3.8, 4) is 17.1 Å². The Morgan fingerprint density at radius 1 is 1.00 bits per heavy atom. The van der Waals surface area contributed by atoms with Crippen LogP contribution in [0.2, 0.25) is 0 Å². The van der Waals surface area contributed by atoms with Crippen molar-refractivity contribution in [1.82, 2.24) is 9.97 Å². The number of benzene rings is 2. The van der Waals surface area contributed by atoms with Crippen molar-refractivity contribution in [2.75, 3.05) is 12.5 Å². The normalized spacial score (nSPS) is 10.6. The monoisotopic (exact) mass is 280 g/mol. The van der Waals surface area contributed by atoms with E-state index in [9.17, 15) is 0 Å². The van der Waals surface area contributed by atoms with Gasteiger partial charge in [0, 0.05) is 17.3 Å². The Labute approximate surface area is 122 Å². The van der Waals surface area contributed by atoms with Crippen molar-refractivity contribution >= 4 is 16.6 Å². The Kier molecular flexibility index (Phi) is 3.41. The largest absolute Gasteiger partial charge is 0.497 e. The lowest BCUT2D eigenvalue weighted by Crippen LogP contribution is -2.09.